The highest BCUT2D eigenvalue weighted by Gasteiger charge is 2.14. The first-order valence-electron chi connectivity index (χ1n) is 4.15. The molecule has 78 valence electrons. The van der Waals surface area contributed by atoms with Crippen molar-refractivity contribution in [3.05, 3.63) is 17.5 Å². The van der Waals surface area contributed by atoms with Crippen LogP contribution in [0.1, 0.15) is 22.3 Å². The van der Waals surface area contributed by atoms with E-state index in [1.54, 1.807) is 13.8 Å². The third-order valence-corrected chi connectivity index (χ3v) is 1.55. The fourth-order valence-electron chi connectivity index (χ4n) is 0.944. The molecule has 0 saturated carbocycles. The number of H-pyrrole nitrogens is 1. The van der Waals surface area contributed by atoms with E-state index >= 15 is 0 Å². The molecule has 2 heterocycles. The summed E-state index contributed by atoms with van der Waals surface area (Å²) < 4.78 is 4.96. The van der Waals surface area contributed by atoms with Gasteiger partial charge in [0.1, 0.15) is 5.82 Å². The van der Waals surface area contributed by atoms with Gasteiger partial charge in [-0.1, -0.05) is 5.10 Å². The van der Waals surface area contributed by atoms with Crippen LogP contribution in [-0.2, 0) is 0 Å². The molecule has 0 unspecified atom stereocenters. The Bertz CT molecular complexity index is 487. The lowest BCUT2D eigenvalue weighted by atomic mass is 10.5. The number of nitrogens with zero attached hydrogens (tertiary/aromatic N) is 4. The Morgan fingerprint density at radius 2 is 2.20 bits per heavy atom. The second kappa shape index (κ2) is 3.48. The van der Waals surface area contributed by atoms with Crippen molar-refractivity contribution in [1.29, 1.82) is 0 Å². The zero-order valence-corrected chi connectivity index (χ0v) is 8.11. The molecule has 0 spiro atoms. The van der Waals surface area contributed by atoms with E-state index in [4.69, 9.17) is 4.42 Å². The first-order chi connectivity index (χ1) is 7.15. The zero-order chi connectivity index (χ0) is 10.8. The van der Waals surface area contributed by atoms with Crippen LogP contribution in [0.25, 0.3) is 0 Å². The summed E-state index contributed by atoms with van der Waals surface area (Å²) in [4.78, 5) is 15.3. The van der Waals surface area contributed by atoms with Crippen LogP contribution in [0, 0.1) is 13.8 Å². The van der Waals surface area contributed by atoms with Crippen LogP contribution >= 0.6 is 0 Å². The molecular weight excluding hydrogens is 200 g/mol. The summed E-state index contributed by atoms with van der Waals surface area (Å²) in [5, 5.41) is 15.8. The molecule has 2 aromatic rings. The van der Waals surface area contributed by atoms with Gasteiger partial charge in [-0.15, -0.1) is 10.2 Å². The molecule has 2 aromatic heterocycles. The van der Waals surface area contributed by atoms with Crippen molar-refractivity contribution in [3.63, 3.8) is 0 Å². The van der Waals surface area contributed by atoms with Gasteiger partial charge >= 0.3 is 6.01 Å². The molecule has 0 aliphatic rings. The summed E-state index contributed by atoms with van der Waals surface area (Å²) in [6, 6.07) is 0.0277. The summed E-state index contributed by atoms with van der Waals surface area (Å²) in [7, 11) is 0. The molecule has 2 rings (SSSR count). The maximum absolute atomic E-state index is 11.5. The molecule has 0 bridgehead atoms. The average Bonchev–Trinajstić information content (AvgIpc) is 2.75. The van der Waals surface area contributed by atoms with Crippen molar-refractivity contribution in [2.45, 2.75) is 13.8 Å². The molecular formula is C7H8N6O2. The van der Waals surface area contributed by atoms with Crippen molar-refractivity contribution in [3.8, 4) is 0 Å². The fraction of sp³-hybridized carbons (Fsp3) is 0.286. The average molecular weight is 208 g/mol. The highest BCUT2D eigenvalue weighted by atomic mass is 16.4. The number of anilines is 1. The Morgan fingerprint density at radius 3 is 2.73 bits per heavy atom. The zero-order valence-electron chi connectivity index (χ0n) is 8.11. The molecule has 0 saturated heterocycles. The van der Waals surface area contributed by atoms with Gasteiger partial charge < -0.3 is 4.42 Å². The smallest absolute Gasteiger partial charge is 0.322 e. The van der Waals surface area contributed by atoms with Gasteiger partial charge in [-0.25, -0.2) is 4.98 Å². The number of hydrogen-bond acceptors (Lipinski definition) is 6. The van der Waals surface area contributed by atoms with Crippen molar-refractivity contribution in [1.82, 2.24) is 25.4 Å². The van der Waals surface area contributed by atoms with Gasteiger partial charge in [-0.2, -0.15) is 0 Å². The number of carbonyl (C=O) groups excluding carboxylic acids is 1. The summed E-state index contributed by atoms with van der Waals surface area (Å²) in [6.07, 6.45) is 0. The first kappa shape index (κ1) is 9.31. The molecule has 1 amide bonds. The lowest BCUT2D eigenvalue weighted by Gasteiger charge is -1.93. The van der Waals surface area contributed by atoms with Crippen molar-refractivity contribution in [2.75, 3.05) is 5.32 Å². The Labute approximate surface area is 84.1 Å². The molecule has 2 N–H and O–H groups in total. The SMILES string of the molecule is Cc1nc(C(=O)Nc2nnc(C)o2)n[nH]1. The highest BCUT2D eigenvalue weighted by molar-refractivity contribution is 6.00. The number of aryl methyl sites for hydroxylation is 2. The quantitative estimate of drug-likeness (QED) is 0.721. The predicted octanol–water partition coefficient (Wildman–Crippen LogP) is 0.0568. The normalized spacial score (nSPS) is 10.3. The highest BCUT2D eigenvalue weighted by Crippen LogP contribution is 2.04. The van der Waals surface area contributed by atoms with Gasteiger partial charge in [0.05, 0.1) is 0 Å². The maximum Gasteiger partial charge on any atom is 0.322 e. The number of carbonyl (C=O) groups is 1. The fourth-order valence-corrected chi connectivity index (χ4v) is 0.944. The number of aromatic nitrogens is 5. The van der Waals surface area contributed by atoms with Crippen LogP contribution < -0.4 is 5.32 Å². The van der Waals surface area contributed by atoms with Crippen LogP contribution in [0.5, 0.6) is 0 Å². The van der Waals surface area contributed by atoms with Crippen LogP contribution in [0.2, 0.25) is 0 Å². The third kappa shape index (κ3) is 1.98. The monoisotopic (exact) mass is 208 g/mol. The Balaban J connectivity index is 2.10. The predicted molar refractivity (Wildman–Crippen MR) is 48.1 cm³/mol. The second-order valence-corrected chi connectivity index (χ2v) is 2.82. The van der Waals surface area contributed by atoms with Gasteiger partial charge in [0, 0.05) is 6.92 Å². The summed E-state index contributed by atoms with van der Waals surface area (Å²) in [5.74, 6) is 0.463. The largest absolute Gasteiger partial charge is 0.408 e. The van der Waals surface area contributed by atoms with E-state index in [1.807, 2.05) is 0 Å². The number of hydrogen-bond donors (Lipinski definition) is 2. The first-order valence-corrected chi connectivity index (χ1v) is 4.15. The molecule has 0 aliphatic carbocycles. The van der Waals surface area contributed by atoms with Crippen LogP contribution in [-0.4, -0.2) is 31.3 Å². The van der Waals surface area contributed by atoms with Crippen LogP contribution in [0.3, 0.4) is 0 Å². The van der Waals surface area contributed by atoms with E-state index in [0.29, 0.717) is 11.7 Å². The minimum Gasteiger partial charge on any atom is -0.408 e. The van der Waals surface area contributed by atoms with Crippen LogP contribution in [0.4, 0.5) is 6.01 Å². The minimum atomic E-state index is -0.497. The van der Waals surface area contributed by atoms with E-state index in [-0.39, 0.29) is 11.8 Å². The Hall–Kier alpha value is -2.25. The van der Waals surface area contributed by atoms with Gasteiger partial charge in [0.15, 0.2) is 0 Å². The lowest BCUT2D eigenvalue weighted by Crippen LogP contribution is -2.14. The van der Waals surface area contributed by atoms with Gasteiger partial charge in [-0.3, -0.25) is 15.2 Å². The van der Waals surface area contributed by atoms with E-state index in [0.717, 1.165) is 0 Å². The lowest BCUT2D eigenvalue weighted by molar-refractivity contribution is 0.101. The molecule has 0 aromatic carbocycles. The summed E-state index contributed by atoms with van der Waals surface area (Å²) in [6.45, 7) is 3.32. The number of nitrogens with one attached hydrogen (secondary N) is 2. The minimum absolute atomic E-state index is 0.0277. The van der Waals surface area contributed by atoms with Gasteiger partial charge in [-0.05, 0) is 6.92 Å². The molecule has 8 heteroatoms. The maximum atomic E-state index is 11.5. The molecule has 0 aliphatic heterocycles. The van der Waals surface area contributed by atoms with E-state index < -0.39 is 5.91 Å². The summed E-state index contributed by atoms with van der Waals surface area (Å²) in [5.41, 5.74) is 0. The number of aromatic amines is 1. The van der Waals surface area contributed by atoms with Crippen molar-refractivity contribution in [2.24, 2.45) is 0 Å². The van der Waals surface area contributed by atoms with E-state index in [9.17, 15) is 4.79 Å². The third-order valence-electron chi connectivity index (χ3n) is 1.55. The number of rotatable bonds is 2. The van der Waals surface area contributed by atoms with Crippen LogP contribution in [0.15, 0.2) is 4.42 Å². The summed E-state index contributed by atoms with van der Waals surface area (Å²) >= 11 is 0. The Kier molecular flexibility index (Phi) is 2.16. The molecule has 0 fully saturated rings. The Morgan fingerprint density at radius 1 is 1.40 bits per heavy atom. The van der Waals surface area contributed by atoms with E-state index in [2.05, 4.69) is 30.7 Å². The molecule has 0 radical (unpaired) electrons. The van der Waals surface area contributed by atoms with Crippen molar-refractivity contribution >= 4 is 11.9 Å². The van der Waals surface area contributed by atoms with Gasteiger partial charge in [0.25, 0.3) is 5.91 Å². The standard InChI is InChI=1S/C7H8N6O2/c1-3-8-5(12-10-3)6(14)9-7-13-11-4(2)15-7/h1-2H3,(H,8,10,12)(H,9,13,14). The molecule has 8 nitrogen and oxygen atoms in total. The molecule has 0 atom stereocenters. The van der Waals surface area contributed by atoms with E-state index in [1.165, 1.54) is 0 Å². The number of amides is 1. The van der Waals surface area contributed by atoms with Crippen molar-refractivity contribution < 1.29 is 9.21 Å². The molecule has 15 heavy (non-hydrogen) atoms. The van der Waals surface area contributed by atoms with Gasteiger partial charge in [0.2, 0.25) is 11.7 Å². The topological polar surface area (TPSA) is 110 Å². The second-order valence-electron chi connectivity index (χ2n) is 2.82.